The molecule has 2 aromatic carbocycles. The summed E-state index contributed by atoms with van der Waals surface area (Å²) < 4.78 is 0. The summed E-state index contributed by atoms with van der Waals surface area (Å²) in [5.41, 5.74) is 2.76. The molecule has 0 atom stereocenters. The number of rotatable bonds is 1. The van der Waals surface area contributed by atoms with E-state index in [9.17, 15) is 0 Å². The Balaban J connectivity index is 2.28. The van der Waals surface area contributed by atoms with Crippen molar-refractivity contribution in [3.05, 3.63) is 42.0 Å². The van der Waals surface area contributed by atoms with Gasteiger partial charge in [0.15, 0.2) is 0 Å². The highest BCUT2D eigenvalue weighted by Crippen LogP contribution is 2.34. The molecule has 0 bridgehead atoms. The third-order valence-electron chi connectivity index (χ3n) is 3.13. The zero-order valence-corrected chi connectivity index (χ0v) is 9.17. The summed E-state index contributed by atoms with van der Waals surface area (Å²) in [6.07, 6.45) is 1.11. The molecular formula is C13H12ClN. The number of hydrogen-bond donors (Lipinski definition) is 0. The molecule has 1 heterocycles. The van der Waals surface area contributed by atoms with Crippen LogP contribution < -0.4 is 4.90 Å². The molecule has 0 spiro atoms. The summed E-state index contributed by atoms with van der Waals surface area (Å²) in [6, 6.07) is 13.5. The Hall–Kier alpha value is -1.21. The number of alkyl halides is 1. The summed E-state index contributed by atoms with van der Waals surface area (Å²) >= 11 is 5.91. The van der Waals surface area contributed by atoms with Gasteiger partial charge in [0, 0.05) is 12.2 Å². The van der Waals surface area contributed by atoms with E-state index < -0.39 is 0 Å². The van der Waals surface area contributed by atoms with Gasteiger partial charge in [0.05, 0.1) is 6.00 Å². The average Bonchev–Trinajstić information content (AvgIpc) is 2.72. The maximum Gasteiger partial charge on any atom is 0.0928 e. The number of nitrogens with zero attached hydrogens (tertiary/aromatic N) is 1. The molecule has 1 aliphatic heterocycles. The zero-order chi connectivity index (χ0) is 10.3. The van der Waals surface area contributed by atoms with Crippen LogP contribution in [0.5, 0.6) is 0 Å². The predicted octanol–water partition coefficient (Wildman–Crippen LogP) is 3.40. The van der Waals surface area contributed by atoms with Gasteiger partial charge >= 0.3 is 0 Å². The van der Waals surface area contributed by atoms with Crippen molar-refractivity contribution in [2.75, 3.05) is 17.4 Å². The summed E-state index contributed by atoms with van der Waals surface area (Å²) in [5, 5.41) is 2.70. The van der Waals surface area contributed by atoms with Crippen LogP contribution >= 0.6 is 11.6 Å². The van der Waals surface area contributed by atoms with Crippen LogP contribution in [0.2, 0.25) is 0 Å². The minimum absolute atomic E-state index is 0.589. The number of halogens is 1. The third kappa shape index (κ3) is 1.30. The Kier molecular flexibility index (Phi) is 2.06. The van der Waals surface area contributed by atoms with Gasteiger partial charge in [0.1, 0.15) is 0 Å². The molecule has 2 aromatic rings. The number of benzene rings is 2. The van der Waals surface area contributed by atoms with E-state index in [0.717, 1.165) is 13.0 Å². The van der Waals surface area contributed by atoms with Crippen LogP contribution in [0.25, 0.3) is 10.8 Å². The van der Waals surface area contributed by atoms with Gasteiger partial charge in [0.2, 0.25) is 0 Å². The van der Waals surface area contributed by atoms with E-state index >= 15 is 0 Å². The smallest absolute Gasteiger partial charge is 0.0928 e. The molecule has 0 aromatic heterocycles. The zero-order valence-electron chi connectivity index (χ0n) is 8.41. The van der Waals surface area contributed by atoms with Crippen LogP contribution in [-0.4, -0.2) is 12.5 Å². The van der Waals surface area contributed by atoms with Gasteiger partial charge in [-0.2, -0.15) is 0 Å². The first-order chi connectivity index (χ1) is 7.40. The van der Waals surface area contributed by atoms with Crippen molar-refractivity contribution >= 4 is 28.1 Å². The molecule has 3 rings (SSSR count). The lowest BCUT2D eigenvalue weighted by Crippen LogP contribution is -2.17. The van der Waals surface area contributed by atoms with E-state index in [4.69, 9.17) is 11.6 Å². The third-order valence-corrected chi connectivity index (χ3v) is 3.42. The van der Waals surface area contributed by atoms with Gasteiger partial charge in [-0.3, -0.25) is 0 Å². The molecule has 0 N–H and O–H groups in total. The molecular weight excluding hydrogens is 206 g/mol. The van der Waals surface area contributed by atoms with Crippen molar-refractivity contribution < 1.29 is 0 Å². The largest absolute Gasteiger partial charge is 0.357 e. The van der Waals surface area contributed by atoms with Crippen LogP contribution in [0.1, 0.15) is 5.56 Å². The minimum atomic E-state index is 0.589. The summed E-state index contributed by atoms with van der Waals surface area (Å²) in [5.74, 6) is 0. The lowest BCUT2D eigenvalue weighted by Gasteiger charge is -2.15. The summed E-state index contributed by atoms with van der Waals surface area (Å²) in [4.78, 5) is 2.23. The molecule has 76 valence electrons. The first-order valence-electron chi connectivity index (χ1n) is 5.21. The van der Waals surface area contributed by atoms with Crippen LogP contribution in [-0.2, 0) is 6.42 Å². The lowest BCUT2D eigenvalue weighted by molar-refractivity contribution is 0.935. The second-order valence-corrected chi connectivity index (χ2v) is 4.16. The molecule has 0 saturated heterocycles. The van der Waals surface area contributed by atoms with Crippen molar-refractivity contribution in [3.63, 3.8) is 0 Å². The fourth-order valence-electron chi connectivity index (χ4n) is 2.37. The Morgan fingerprint density at radius 3 is 2.87 bits per heavy atom. The van der Waals surface area contributed by atoms with E-state index in [1.54, 1.807) is 0 Å². The van der Waals surface area contributed by atoms with Crippen molar-refractivity contribution in [1.29, 1.82) is 0 Å². The molecule has 1 aliphatic rings. The number of hydrogen-bond acceptors (Lipinski definition) is 1. The molecule has 0 aliphatic carbocycles. The summed E-state index contributed by atoms with van der Waals surface area (Å²) in [7, 11) is 0. The van der Waals surface area contributed by atoms with Crippen molar-refractivity contribution in [3.8, 4) is 0 Å². The topological polar surface area (TPSA) is 3.24 Å². The van der Waals surface area contributed by atoms with Crippen LogP contribution in [0.15, 0.2) is 36.4 Å². The van der Waals surface area contributed by atoms with E-state index in [-0.39, 0.29) is 0 Å². The maximum atomic E-state index is 5.91. The van der Waals surface area contributed by atoms with Gasteiger partial charge < -0.3 is 4.90 Å². The first kappa shape index (κ1) is 9.05. The standard InChI is InChI=1S/C13H12ClN/c14-9-15-8-7-12-11-4-2-1-3-10(11)5-6-13(12)15/h1-6H,7-9H2. The Morgan fingerprint density at radius 2 is 2.00 bits per heavy atom. The molecule has 1 nitrogen and oxygen atoms in total. The fraction of sp³-hybridized carbons (Fsp3) is 0.231. The van der Waals surface area contributed by atoms with Crippen LogP contribution in [0.4, 0.5) is 5.69 Å². The maximum absolute atomic E-state index is 5.91. The van der Waals surface area contributed by atoms with Gasteiger partial charge in [0.25, 0.3) is 0 Å². The van der Waals surface area contributed by atoms with Crippen LogP contribution in [0.3, 0.4) is 0 Å². The van der Waals surface area contributed by atoms with Crippen LogP contribution in [0, 0.1) is 0 Å². The average molecular weight is 218 g/mol. The van der Waals surface area contributed by atoms with Crippen molar-refractivity contribution in [2.24, 2.45) is 0 Å². The highest BCUT2D eigenvalue weighted by atomic mass is 35.5. The Morgan fingerprint density at radius 1 is 1.13 bits per heavy atom. The number of anilines is 1. The van der Waals surface area contributed by atoms with Crippen molar-refractivity contribution in [1.82, 2.24) is 0 Å². The number of fused-ring (bicyclic) bond motifs is 3. The molecule has 0 radical (unpaired) electrons. The van der Waals surface area contributed by atoms with Gasteiger partial charge in [-0.15, -0.1) is 11.6 Å². The first-order valence-corrected chi connectivity index (χ1v) is 5.75. The Labute approximate surface area is 94.3 Å². The Bertz CT molecular complexity index is 507. The van der Waals surface area contributed by atoms with Gasteiger partial charge in [-0.25, -0.2) is 0 Å². The normalized spacial score (nSPS) is 14.6. The second kappa shape index (κ2) is 3.42. The molecule has 15 heavy (non-hydrogen) atoms. The molecule has 0 amide bonds. The predicted molar refractivity (Wildman–Crippen MR) is 65.7 cm³/mol. The van der Waals surface area contributed by atoms with Gasteiger partial charge in [-0.1, -0.05) is 30.3 Å². The van der Waals surface area contributed by atoms with E-state index in [1.165, 1.54) is 22.0 Å². The molecule has 0 unspecified atom stereocenters. The molecule has 0 fully saturated rings. The minimum Gasteiger partial charge on any atom is -0.357 e. The fourth-order valence-corrected chi connectivity index (χ4v) is 2.62. The molecule has 0 saturated carbocycles. The quantitative estimate of drug-likeness (QED) is 0.523. The van der Waals surface area contributed by atoms with Crippen molar-refractivity contribution in [2.45, 2.75) is 6.42 Å². The second-order valence-electron chi connectivity index (χ2n) is 3.92. The van der Waals surface area contributed by atoms with Gasteiger partial charge in [-0.05, 0) is 28.8 Å². The van der Waals surface area contributed by atoms with E-state index in [2.05, 4.69) is 41.3 Å². The summed E-state index contributed by atoms with van der Waals surface area (Å²) in [6.45, 7) is 1.05. The highest BCUT2D eigenvalue weighted by molar-refractivity contribution is 6.19. The highest BCUT2D eigenvalue weighted by Gasteiger charge is 2.19. The lowest BCUT2D eigenvalue weighted by atomic mass is 10.0. The monoisotopic (exact) mass is 217 g/mol. The van der Waals surface area contributed by atoms with E-state index in [1.807, 2.05) is 0 Å². The molecule has 2 heteroatoms. The SMILES string of the molecule is ClCN1CCc2c1ccc1ccccc21. The van der Waals surface area contributed by atoms with E-state index in [0.29, 0.717) is 6.00 Å².